The number of carboxylic acid groups (broad SMARTS) is 1. The highest BCUT2D eigenvalue weighted by Crippen LogP contribution is 2.54. The molecule has 1 N–H and O–H groups in total. The Bertz CT molecular complexity index is 1060. The average Bonchev–Trinajstić information content (AvgIpc) is 3.29. The zero-order valence-corrected chi connectivity index (χ0v) is 18.7. The summed E-state index contributed by atoms with van der Waals surface area (Å²) in [5.41, 5.74) is -1.87. The molecule has 3 atom stereocenters. The summed E-state index contributed by atoms with van der Waals surface area (Å²) in [6, 6.07) is 10.9. The van der Waals surface area contributed by atoms with E-state index in [1.807, 2.05) is 24.3 Å². The number of hydrogen-bond acceptors (Lipinski definition) is 4. The van der Waals surface area contributed by atoms with Crippen LogP contribution in [0.5, 0.6) is 0 Å². The third-order valence-electron chi connectivity index (χ3n) is 5.84. The van der Waals surface area contributed by atoms with Crippen molar-refractivity contribution in [3.05, 3.63) is 46.4 Å². The van der Waals surface area contributed by atoms with Gasteiger partial charge in [0.1, 0.15) is 5.60 Å². The Kier molecular flexibility index (Phi) is 4.92. The summed E-state index contributed by atoms with van der Waals surface area (Å²) in [7, 11) is 0. The van der Waals surface area contributed by atoms with E-state index in [1.54, 1.807) is 32.9 Å². The largest absolute Gasteiger partial charge is 0.479 e. The van der Waals surface area contributed by atoms with E-state index in [0.29, 0.717) is 5.56 Å². The second kappa shape index (κ2) is 7.08. The van der Waals surface area contributed by atoms with Crippen molar-refractivity contribution in [2.24, 2.45) is 5.92 Å². The molecule has 2 aliphatic rings. The van der Waals surface area contributed by atoms with E-state index in [-0.39, 0.29) is 30.6 Å². The molecule has 1 saturated carbocycles. The predicted octanol–water partition coefficient (Wildman–Crippen LogP) is 5.03. The summed E-state index contributed by atoms with van der Waals surface area (Å²) in [5.74, 6) is -1.34. The number of piperidine rings is 1. The lowest BCUT2D eigenvalue weighted by molar-refractivity contribution is -0.150. The number of rotatable bonds is 4. The van der Waals surface area contributed by atoms with Crippen LogP contribution in [0, 0.1) is 5.92 Å². The number of fused-ring (bicyclic) bond motifs is 2. The molecule has 1 aliphatic carbocycles. The molecule has 1 heterocycles. The first kappa shape index (κ1) is 20.8. The van der Waals surface area contributed by atoms with Crippen molar-refractivity contribution >= 4 is 44.5 Å². The number of ketones is 1. The highest BCUT2D eigenvalue weighted by Gasteiger charge is 2.66. The van der Waals surface area contributed by atoms with Gasteiger partial charge < -0.3 is 9.84 Å². The smallest absolute Gasteiger partial charge is 0.411 e. The van der Waals surface area contributed by atoms with Gasteiger partial charge in [0, 0.05) is 22.5 Å². The molecule has 2 aromatic rings. The third kappa shape index (κ3) is 3.71. The van der Waals surface area contributed by atoms with E-state index >= 15 is 0 Å². The van der Waals surface area contributed by atoms with E-state index in [4.69, 9.17) is 4.74 Å². The van der Waals surface area contributed by atoms with Crippen LogP contribution < -0.4 is 0 Å². The Morgan fingerprint density at radius 3 is 2.50 bits per heavy atom. The zero-order chi connectivity index (χ0) is 21.8. The summed E-state index contributed by atoms with van der Waals surface area (Å²) in [5, 5.41) is 12.0. The molecule has 4 rings (SSSR count). The summed E-state index contributed by atoms with van der Waals surface area (Å²) in [6.07, 6.45) is 0.105. The van der Waals surface area contributed by atoms with Crippen molar-refractivity contribution in [1.29, 1.82) is 0 Å². The second-order valence-electron chi connectivity index (χ2n) is 9.26. The molecule has 3 unspecified atom stereocenters. The Hall–Kier alpha value is -2.41. The van der Waals surface area contributed by atoms with Gasteiger partial charge in [0.25, 0.3) is 0 Å². The second-order valence-corrected chi connectivity index (χ2v) is 10.2. The number of amides is 1. The van der Waals surface area contributed by atoms with Crippen LogP contribution in [0.4, 0.5) is 4.79 Å². The molecule has 0 aromatic heterocycles. The standard InChI is InChI=1S/C23H24BrNO5/c1-22(2,3)30-21(29)25-18-10-16(18)11-23(25,20(27)28)12-19(26)15-5-4-14-9-17(24)7-6-13(14)8-15/h4-9,16,18H,10-12H2,1-3H3,(H,27,28). The zero-order valence-electron chi connectivity index (χ0n) is 17.1. The number of benzene rings is 2. The molecular formula is C23H24BrNO5. The lowest BCUT2D eigenvalue weighted by Gasteiger charge is -2.37. The first-order chi connectivity index (χ1) is 14.0. The van der Waals surface area contributed by atoms with Crippen molar-refractivity contribution in [2.45, 2.75) is 57.2 Å². The van der Waals surface area contributed by atoms with Gasteiger partial charge in [-0.05, 0) is 68.5 Å². The normalized spacial score (nSPS) is 25.1. The fourth-order valence-corrected chi connectivity index (χ4v) is 4.80. The van der Waals surface area contributed by atoms with Crippen molar-refractivity contribution < 1.29 is 24.2 Å². The molecule has 1 amide bonds. The van der Waals surface area contributed by atoms with E-state index in [9.17, 15) is 19.5 Å². The number of aliphatic carboxylic acids is 1. The first-order valence-electron chi connectivity index (χ1n) is 9.98. The van der Waals surface area contributed by atoms with E-state index in [1.165, 1.54) is 4.90 Å². The summed E-state index contributed by atoms with van der Waals surface area (Å²) >= 11 is 3.43. The first-order valence-corrected chi connectivity index (χ1v) is 10.8. The van der Waals surface area contributed by atoms with Crippen LogP contribution in [-0.2, 0) is 9.53 Å². The van der Waals surface area contributed by atoms with Crippen LogP contribution >= 0.6 is 15.9 Å². The Morgan fingerprint density at radius 1 is 1.17 bits per heavy atom. The molecule has 1 aliphatic heterocycles. The topological polar surface area (TPSA) is 83.9 Å². The maximum atomic E-state index is 13.1. The van der Waals surface area contributed by atoms with Crippen molar-refractivity contribution in [3.63, 3.8) is 0 Å². The van der Waals surface area contributed by atoms with Crippen LogP contribution in [0.1, 0.15) is 50.4 Å². The van der Waals surface area contributed by atoms with Crippen molar-refractivity contribution in [2.75, 3.05) is 0 Å². The van der Waals surface area contributed by atoms with Crippen LogP contribution in [0.3, 0.4) is 0 Å². The van der Waals surface area contributed by atoms with Gasteiger partial charge >= 0.3 is 12.1 Å². The number of halogens is 1. The van der Waals surface area contributed by atoms with Gasteiger partial charge in [-0.2, -0.15) is 0 Å². The predicted molar refractivity (Wildman–Crippen MR) is 116 cm³/mol. The molecule has 30 heavy (non-hydrogen) atoms. The average molecular weight is 474 g/mol. The van der Waals surface area contributed by atoms with Crippen LogP contribution in [0.2, 0.25) is 0 Å². The fourth-order valence-electron chi connectivity index (χ4n) is 4.42. The maximum Gasteiger partial charge on any atom is 0.411 e. The lowest BCUT2D eigenvalue weighted by Crippen LogP contribution is -2.57. The summed E-state index contributed by atoms with van der Waals surface area (Å²) in [6.45, 7) is 5.23. The van der Waals surface area contributed by atoms with Gasteiger partial charge in [-0.15, -0.1) is 0 Å². The molecule has 2 aromatic carbocycles. The fraction of sp³-hybridized carbons (Fsp3) is 0.435. The number of carboxylic acids is 1. The molecule has 1 saturated heterocycles. The van der Waals surface area contributed by atoms with Gasteiger partial charge in [0.2, 0.25) is 0 Å². The van der Waals surface area contributed by atoms with Gasteiger partial charge in [-0.1, -0.05) is 34.1 Å². The molecular weight excluding hydrogens is 450 g/mol. The van der Waals surface area contributed by atoms with Gasteiger partial charge in [-0.25, -0.2) is 9.59 Å². The molecule has 0 bridgehead atoms. The minimum atomic E-state index is -1.57. The minimum absolute atomic E-state index is 0.107. The third-order valence-corrected chi connectivity index (χ3v) is 6.34. The number of carbonyl (C=O) groups is 3. The number of carbonyl (C=O) groups excluding carboxylic acids is 2. The Morgan fingerprint density at radius 2 is 1.83 bits per heavy atom. The number of ether oxygens (including phenoxy) is 1. The monoisotopic (exact) mass is 473 g/mol. The highest BCUT2D eigenvalue weighted by atomic mass is 79.9. The molecule has 6 nitrogen and oxygen atoms in total. The number of hydrogen-bond donors (Lipinski definition) is 1. The van der Waals surface area contributed by atoms with Crippen LogP contribution in [0.25, 0.3) is 10.8 Å². The molecule has 0 radical (unpaired) electrons. The van der Waals surface area contributed by atoms with Crippen molar-refractivity contribution in [3.8, 4) is 0 Å². The van der Waals surface area contributed by atoms with Gasteiger partial charge in [0.05, 0.1) is 0 Å². The van der Waals surface area contributed by atoms with Crippen molar-refractivity contribution in [1.82, 2.24) is 4.90 Å². The quantitative estimate of drug-likeness (QED) is 0.629. The maximum absolute atomic E-state index is 13.1. The molecule has 0 spiro atoms. The number of likely N-dealkylation sites (tertiary alicyclic amines) is 1. The summed E-state index contributed by atoms with van der Waals surface area (Å²) in [4.78, 5) is 39.7. The van der Waals surface area contributed by atoms with Gasteiger partial charge in [-0.3, -0.25) is 9.69 Å². The van der Waals surface area contributed by atoms with Crippen LogP contribution in [-0.4, -0.2) is 45.0 Å². The Labute approximate surface area is 183 Å². The minimum Gasteiger partial charge on any atom is -0.479 e. The van der Waals surface area contributed by atoms with Gasteiger partial charge in [0.15, 0.2) is 11.3 Å². The van der Waals surface area contributed by atoms with E-state index in [2.05, 4.69) is 15.9 Å². The Balaban J connectivity index is 1.64. The molecule has 2 fully saturated rings. The SMILES string of the molecule is CC(C)(C)OC(=O)N1C2CC2CC1(CC(=O)c1ccc2cc(Br)ccc2c1)C(=O)O. The van der Waals surface area contributed by atoms with Crippen LogP contribution in [0.15, 0.2) is 40.9 Å². The molecule has 7 heteroatoms. The number of Topliss-reactive ketones (excluding diaryl/α,β-unsaturated/α-hetero) is 1. The summed E-state index contributed by atoms with van der Waals surface area (Å²) < 4.78 is 6.43. The van der Waals surface area contributed by atoms with E-state index < -0.39 is 23.2 Å². The lowest BCUT2D eigenvalue weighted by atomic mass is 9.86. The number of nitrogens with zero attached hydrogens (tertiary/aromatic N) is 1. The van der Waals surface area contributed by atoms with E-state index in [0.717, 1.165) is 21.7 Å². The highest BCUT2D eigenvalue weighted by molar-refractivity contribution is 9.10. The molecule has 158 valence electrons.